The maximum atomic E-state index is 12.7. The fourth-order valence-corrected chi connectivity index (χ4v) is 5.15. The molecule has 0 bridgehead atoms. The van der Waals surface area contributed by atoms with Gasteiger partial charge in [-0.25, -0.2) is 4.98 Å². The molecule has 4 rings (SSSR count). The fourth-order valence-electron chi connectivity index (χ4n) is 3.16. The zero-order valence-electron chi connectivity index (χ0n) is 13.5. The molecule has 3 aromatic rings. The van der Waals surface area contributed by atoms with Crippen LogP contribution in [-0.4, -0.2) is 40.0 Å². The molecule has 2 aromatic heterocycles. The molecule has 1 aromatic carbocycles. The maximum Gasteiger partial charge on any atom is 0.308 e. The van der Waals surface area contributed by atoms with E-state index in [0.29, 0.717) is 11.4 Å². The molecule has 1 saturated heterocycles. The molecule has 1 amide bonds. The van der Waals surface area contributed by atoms with Crippen molar-refractivity contribution in [1.82, 2.24) is 9.88 Å². The normalized spacial score (nSPS) is 20.3. The molecule has 1 aliphatic rings. The summed E-state index contributed by atoms with van der Waals surface area (Å²) < 4.78 is 1.12. The van der Waals surface area contributed by atoms with Crippen LogP contribution in [-0.2, 0) is 4.79 Å². The number of carbonyl (C=O) groups is 2. The summed E-state index contributed by atoms with van der Waals surface area (Å²) in [7, 11) is 0. The number of nitrogens with zero attached hydrogens (tertiary/aromatic N) is 2. The first-order valence-corrected chi connectivity index (χ1v) is 9.64. The number of aliphatic carboxylic acids is 1. The van der Waals surface area contributed by atoms with Crippen molar-refractivity contribution in [3.63, 3.8) is 0 Å². The highest BCUT2D eigenvalue weighted by Gasteiger charge is 2.37. The van der Waals surface area contributed by atoms with E-state index in [1.54, 1.807) is 16.2 Å². The summed E-state index contributed by atoms with van der Waals surface area (Å²) in [6.45, 7) is 2.65. The highest BCUT2D eigenvalue weighted by atomic mass is 32.1. The van der Waals surface area contributed by atoms with Crippen molar-refractivity contribution in [2.24, 2.45) is 11.8 Å². The summed E-state index contributed by atoms with van der Waals surface area (Å²) in [5, 5.41) is 10.1. The molecule has 3 heterocycles. The third-order valence-corrected chi connectivity index (χ3v) is 6.82. The third kappa shape index (κ3) is 2.94. The van der Waals surface area contributed by atoms with E-state index in [1.807, 2.05) is 43.3 Å². The monoisotopic (exact) mass is 372 g/mol. The van der Waals surface area contributed by atoms with Crippen molar-refractivity contribution in [2.45, 2.75) is 6.92 Å². The zero-order valence-corrected chi connectivity index (χ0v) is 15.1. The van der Waals surface area contributed by atoms with Crippen LogP contribution in [0.25, 0.3) is 20.1 Å². The molecule has 1 N–H and O–H groups in total. The van der Waals surface area contributed by atoms with Crippen LogP contribution < -0.4 is 0 Å². The summed E-state index contributed by atoms with van der Waals surface area (Å²) in [5.74, 6) is -1.42. The standard InChI is InChI=1S/C18H16N2O3S2/c1-10-8-20(9-11(10)18(22)23)17(21)15-7-6-14(24-15)16-19-12-4-2-3-5-13(12)25-16/h2-7,10-11H,8-9H2,1H3,(H,22,23)/t10-,11-/m1/s1. The SMILES string of the molecule is C[C@@H]1CN(C(=O)c2ccc(-c3nc4ccccc4s3)s2)C[C@H]1C(=O)O. The number of carboxylic acid groups (broad SMARTS) is 1. The quantitative estimate of drug-likeness (QED) is 0.759. The lowest BCUT2D eigenvalue weighted by atomic mass is 9.99. The predicted octanol–water partition coefficient (Wildman–Crippen LogP) is 3.82. The van der Waals surface area contributed by atoms with Gasteiger partial charge in [0.2, 0.25) is 0 Å². The minimum atomic E-state index is -0.829. The molecule has 1 fully saturated rings. The van der Waals surface area contributed by atoms with E-state index in [0.717, 1.165) is 20.1 Å². The van der Waals surface area contributed by atoms with Crippen LogP contribution in [0.2, 0.25) is 0 Å². The van der Waals surface area contributed by atoms with Gasteiger partial charge in [0, 0.05) is 13.1 Å². The Hall–Kier alpha value is -2.25. The first-order valence-electron chi connectivity index (χ1n) is 8.01. The summed E-state index contributed by atoms with van der Waals surface area (Å²) >= 11 is 3.03. The number of rotatable bonds is 3. The van der Waals surface area contributed by atoms with Gasteiger partial charge in [0.05, 0.1) is 25.9 Å². The van der Waals surface area contributed by atoms with Gasteiger partial charge in [0.25, 0.3) is 5.91 Å². The number of carboxylic acids is 1. The van der Waals surface area contributed by atoms with Crippen LogP contribution in [0.15, 0.2) is 36.4 Å². The van der Waals surface area contributed by atoms with Gasteiger partial charge in [0.1, 0.15) is 5.01 Å². The minimum Gasteiger partial charge on any atom is -0.481 e. The Kier molecular flexibility index (Phi) is 4.05. The van der Waals surface area contributed by atoms with E-state index >= 15 is 0 Å². The average Bonchev–Trinajstić information content (AvgIpc) is 3.31. The second-order valence-electron chi connectivity index (χ2n) is 6.28. The van der Waals surface area contributed by atoms with Crippen molar-refractivity contribution < 1.29 is 14.7 Å². The molecule has 0 saturated carbocycles. The number of likely N-dealkylation sites (tertiary alicyclic amines) is 1. The lowest BCUT2D eigenvalue weighted by Crippen LogP contribution is -2.29. The topological polar surface area (TPSA) is 70.5 Å². The summed E-state index contributed by atoms with van der Waals surface area (Å²) in [6.07, 6.45) is 0. The second kappa shape index (κ2) is 6.24. The van der Waals surface area contributed by atoms with Crippen molar-refractivity contribution in [3.05, 3.63) is 41.3 Å². The van der Waals surface area contributed by atoms with E-state index in [9.17, 15) is 14.7 Å². The highest BCUT2D eigenvalue weighted by Crippen LogP contribution is 2.35. The Balaban J connectivity index is 1.57. The molecule has 2 atom stereocenters. The first-order chi connectivity index (χ1) is 12.0. The predicted molar refractivity (Wildman–Crippen MR) is 99.1 cm³/mol. The van der Waals surface area contributed by atoms with Crippen LogP contribution in [0.1, 0.15) is 16.6 Å². The van der Waals surface area contributed by atoms with Crippen molar-refractivity contribution in [2.75, 3.05) is 13.1 Å². The van der Waals surface area contributed by atoms with Crippen molar-refractivity contribution >= 4 is 44.8 Å². The van der Waals surface area contributed by atoms with Gasteiger partial charge >= 0.3 is 5.97 Å². The third-order valence-electron chi connectivity index (χ3n) is 4.54. The summed E-state index contributed by atoms with van der Waals surface area (Å²) in [5.41, 5.74) is 0.960. The number of thiazole rings is 1. The van der Waals surface area contributed by atoms with Gasteiger partial charge in [-0.15, -0.1) is 22.7 Å². The van der Waals surface area contributed by atoms with E-state index in [2.05, 4.69) is 4.98 Å². The molecule has 1 aliphatic heterocycles. The number of hydrogen-bond acceptors (Lipinski definition) is 5. The van der Waals surface area contributed by atoms with E-state index in [4.69, 9.17) is 0 Å². The molecule has 0 aliphatic carbocycles. The lowest BCUT2D eigenvalue weighted by molar-refractivity contribution is -0.142. The molecular weight excluding hydrogens is 356 g/mol. The van der Waals surface area contributed by atoms with Crippen molar-refractivity contribution in [1.29, 1.82) is 0 Å². The number of fused-ring (bicyclic) bond motifs is 1. The van der Waals surface area contributed by atoms with Crippen LogP contribution >= 0.6 is 22.7 Å². The smallest absolute Gasteiger partial charge is 0.308 e. The molecule has 25 heavy (non-hydrogen) atoms. The van der Waals surface area contributed by atoms with Gasteiger partial charge in [-0.05, 0) is 30.2 Å². The Morgan fingerprint density at radius 2 is 1.96 bits per heavy atom. The Bertz CT molecular complexity index is 929. The Labute approximate surface area is 152 Å². The Morgan fingerprint density at radius 1 is 1.16 bits per heavy atom. The van der Waals surface area contributed by atoms with E-state index in [1.165, 1.54) is 11.3 Å². The number of para-hydroxylation sites is 1. The molecule has 5 nitrogen and oxygen atoms in total. The summed E-state index contributed by atoms with van der Waals surface area (Å²) in [4.78, 5) is 31.8. The fraction of sp³-hybridized carbons (Fsp3) is 0.278. The van der Waals surface area contributed by atoms with Gasteiger partial charge in [-0.1, -0.05) is 19.1 Å². The van der Waals surface area contributed by atoms with E-state index in [-0.39, 0.29) is 18.4 Å². The van der Waals surface area contributed by atoms with Gasteiger partial charge in [-0.3, -0.25) is 9.59 Å². The number of aromatic nitrogens is 1. The number of amides is 1. The summed E-state index contributed by atoms with van der Waals surface area (Å²) in [6, 6.07) is 11.7. The zero-order chi connectivity index (χ0) is 17.6. The van der Waals surface area contributed by atoms with Crippen LogP contribution in [0.5, 0.6) is 0 Å². The first kappa shape index (κ1) is 16.2. The van der Waals surface area contributed by atoms with Gasteiger partial charge in [-0.2, -0.15) is 0 Å². The second-order valence-corrected chi connectivity index (χ2v) is 8.40. The van der Waals surface area contributed by atoms with Crippen LogP contribution in [0.4, 0.5) is 0 Å². The minimum absolute atomic E-state index is 0.0230. The average molecular weight is 372 g/mol. The molecule has 0 radical (unpaired) electrons. The van der Waals surface area contributed by atoms with Crippen LogP contribution in [0.3, 0.4) is 0 Å². The number of benzene rings is 1. The number of carbonyl (C=O) groups excluding carboxylic acids is 1. The largest absolute Gasteiger partial charge is 0.481 e. The molecule has 128 valence electrons. The Morgan fingerprint density at radius 3 is 2.68 bits per heavy atom. The van der Waals surface area contributed by atoms with Crippen LogP contribution in [0, 0.1) is 11.8 Å². The van der Waals surface area contributed by atoms with Crippen molar-refractivity contribution in [3.8, 4) is 9.88 Å². The molecule has 0 spiro atoms. The molecule has 0 unspecified atom stereocenters. The number of thiophene rings is 1. The van der Waals surface area contributed by atoms with Gasteiger partial charge in [0.15, 0.2) is 0 Å². The van der Waals surface area contributed by atoms with E-state index < -0.39 is 11.9 Å². The molecule has 7 heteroatoms. The molecular formula is C18H16N2O3S2. The number of hydrogen-bond donors (Lipinski definition) is 1. The van der Waals surface area contributed by atoms with Gasteiger partial charge < -0.3 is 10.0 Å². The lowest BCUT2D eigenvalue weighted by Gasteiger charge is -2.14. The highest BCUT2D eigenvalue weighted by molar-refractivity contribution is 7.26. The maximum absolute atomic E-state index is 12.7.